The van der Waals surface area contributed by atoms with E-state index >= 15 is 8.78 Å². The summed E-state index contributed by atoms with van der Waals surface area (Å²) in [6.07, 6.45) is 3.33. The lowest BCUT2D eigenvalue weighted by Gasteiger charge is -2.36. The number of rotatable bonds is 6. The van der Waals surface area contributed by atoms with Gasteiger partial charge in [0, 0.05) is 68.3 Å². The predicted molar refractivity (Wildman–Crippen MR) is 153 cm³/mol. The Morgan fingerprint density at radius 1 is 1.05 bits per heavy atom. The van der Waals surface area contributed by atoms with E-state index in [1.54, 1.807) is 23.0 Å². The second-order valence-electron chi connectivity index (χ2n) is 10.8. The van der Waals surface area contributed by atoms with Crippen LogP contribution in [0.5, 0.6) is 0 Å². The molecule has 41 heavy (non-hydrogen) atoms. The quantitative estimate of drug-likeness (QED) is 0.367. The van der Waals surface area contributed by atoms with E-state index < -0.39 is 23.1 Å². The summed E-state index contributed by atoms with van der Waals surface area (Å²) in [5.41, 5.74) is 2.19. The maximum Gasteiger partial charge on any atom is 0.259 e. The molecule has 0 radical (unpaired) electrons. The summed E-state index contributed by atoms with van der Waals surface area (Å²) in [6.45, 7) is 8.61. The summed E-state index contributed by atoms with van der Waals surface area (Å²) in [6, 6.07) is 13.2. The molecule has 2 fully saturated rings. The Balaban J connectivity index is 1.19. The first-order chi connectivity index (χ1) is 19.8. The van der Waals surface area contributed by atoms with Crippen LogP contribution in [0, 0.1) is 11.6 Å². The number of nitrogens with one attached hydrogen (secondary N) is 2. The van der Waals surface area contributed by atoms with E-state index in [0.717, 1.165) is 37.5 Å². The Morgan fingerprint density at radius 3 is 2.41 bits per heavy atom. The summed E-state index contributed by atoms with van der Waals surface area (Å²) >= 11 is 0. The molecule has 6 rings (SSSR count). The SMILES string of the molecule is CC1CN(Cc2ccc(Nc3ncc4ccn(-c5cc(F)c(C(=O)N6CCOCC6)c(F)c5)c4n3)cc2)C[C@@H](C)N1. The number of fused-ring (bicyclic) bond motifs is 1. The van der Waals surface area contributed by atoms with E-state index in [1.807, 2.05) is 12.1 Å². The van der Waals surface area contributed by atoms with Crippen LogP contribution in [0.15, 0.2) is 54.9 Å². The van der Waals surface area contributed by atoms with Gasteiger partial charge in [-0.25, -0.2) is 13.8 Å². The summed E-state index contributed by atoms with van der Waals surface area (Å²) in [5, 5.41) is 7.49. The largest absolute Gasteiger partial charge is 0.378 e. The number of hydrogen-bond donors (Lipinski definition) is 2. The first-order valence-corrected chi connectivity index (χ1v) is 13.9. The van der Waals surface area contributed by atoms with Gasteiger partial charge in [0.2, 0.25) is 5.95 Å². The number of carbonyl (C=O) groups is 1. The molecule has 4 aromatic rings. The zero-order valence-corrected chi connectivity index (χ0v) is 23.1. The molecule has 2 aliphatic rings. The van der Waals surface area contributed by atoms with Gasteiger partial charge in [0.15, 0.2) is 0 Å². The highest BCUT2D eigenvalue weighted by Gasteiger charge is 2.26. The number of halogens is 2. The molecule has 2 saturated heterocycles. The molecule has 2 aromatic carbocycles. The van der Waals surface area contributed by atoms with Crippen LogP contribution in [0.25, 0.3) is 16.7 Å². The van der Waals surface area contributed by atoms with Crippen LogP contribution in [-0.4, -0.2) is 81.7 Å². The molecule has 0 aliphatic carbocycles. The summed E-state index contributed by atoms with van der Waals surface area (Å²) in [4.78, 5) is 25.7. The van der Waals surface area contributed by atoms with Crippen LogP contribution in [0.2, 0.25) is 0 Å². The Kier molecular flexibility index (Phi) is 7.65. The van der Waals surface area contributed by atoms with Gasteiger partial charge in [-0.15, -0.1) is 0 Å². The van der Waals surface area contributed by atoms with Crippen molar-refractivity contribution < 1.29 is 18.3 Å². The first-order valence-electron chi connectivity index (χ1n) is 13.9. The van der Waals surface area contributed by atoms with E-state index in [2.05, 4.69) is 51.5 Å². The number of amides is 1. The van der Waals surface area contributed by atoms with Crippen molar-refractivity contribution in [2.45, 2.75) is 32.5 Å². The van der Waals surface area contributed by atoms with Gasteiger partial charge < -0.3 is 24.8 Å². The van der Waals surface area contributed by atoms with Crippen LogP contribution >= 0.6 is 0 Å². The highest BCUT2D eigenvalue weighted by molar-refractivity contribution is 5.95. The number of morpholine rings is 1. The van der Waals surface area contributed by atoms with E-state index in [0.29, 0.717) is 55.4 Å². The predicted octanol–water partition coefficient (Wildman–Crippen LogP) is 4.10. The van der Waals surface area contributed by atoms with Gasteiger partial charge in [-0.05, 0) is 49.7 Å². The summed E-state index contributed by atoms with van der Waals surface area (Å²) < 4.78 is 37.0. The average molecular weight is 562 g/mol. The second-order valence-corrected chi connectivity index (χ2v) is 10.8. The van der Waals surface area contributed by atoms with Gasteiger partial charge in [-0.2, -0.15) is 4.98 Å². The minimum Gasteiger partial charge on any atom is -0.378 e. The molecule has 2 atom stereocenters. The molecule has 2 aromatic heterocycles. The van der Waals surface area contributed by atoms with Crippen molar-refractivity contribution in [3.63, 3.8) is 0 Å². The molecule has 4 heterocycles. The molecule has 2 N–H and O–H groups in total. The Morgan fingerprint density at radius 2 is 1.73 bits per heavy atom. The van der Waals surface area contributed by atoms with E-state index in [4.69, 9.17) is 4.74 Å². The molecule has 214 valence electrons. The molecule has 0 spiro atoms. The van der Waals surface area contributed by atoms with Gasteiger partial charge in [0.05, 0.1) is 18.9 Å². The standard InChI is InChI=1S/C30H33F2N7O2/c1-19-16-37(17-20(2)34-19)18-21-3-5-23(6-4-21)35-30-33-15-22-7-8-39(28(22)36-30)24-13-25(31)27(26(32)14-24)29(40)38-9-11-41-12-10-38/h3-8,13-15,19-20,34H,9-12,16-18H2,1-2H3,(H,33,35,36)/t19-,20?/m1/s1. The highest BCUT2D eigenvalue weighted by Crippen LogP contribution is 2.25. The van der Waals surface area contributed by atoms with Crippen LogP contribution in [0.1, 0.15) is 29.8 Å². The number of anilines is 2. The van der Waals surface area contributed by atoms with Gasteiger partial charge >= 0.3 is 0 Å². The number of benzene rings is 2. The molecular formula is C30H33F2N7O2. The molecule has 1 unspecified atom stereocenters. The third kappa shape index (κ3) is 5.92. The molecular weight excluding hydrogens is 528 g/mol. The normalized spacial score (nSPS) is 20.0. The monoisotopic (exact) mass is 561 g/mol. The van der Waals surface area contributed by atoms with Crippen molar-refractivity contribution in [3.8, 4) is 5.69 Å². The average Bonchev–Trinajstić information content (AvgIpc) is 3.37. The summed E-state index contributed by atoms with van der Waals surface area (Å²) in [5.74, 6) is -2.16. The molecule has 0 saturated carbocycles. The van der Waals surface area contributed by atoms with Gasteiger partial charge in [-0.3, -0.25) is 9.69 Å². The van der Waals surface area contributed by atoms with Crippen molar-refractivity contribution in [2.24, 2.45) is 0 Å². The highest BCUT2D eigenvalue weighted by atomic mass is 19.1. The lowest BCUT2D eigenvalue weighted by Crippen LogP contribution is -2.53. The van der Waals surface area contributed by atoms with E-state index in [-0.39, 0.29) is 5.69 Å². The third-order valence-electron chi connectivity index (χ3n) is 7.49. The Labute approximate surface area is 237 Å². The fourth-order valence-electron chi connectivity index (χ4n) is 5.66. The number of piperazine rings is 1. The number of aromatic nitrogens is 3. The molecule has 1 amide bonds. The third-order valence-corrected chi connectivity index (χ3v) is 7.49. The molecule has 11 heteroatoms. The maximum absolute atomic E-state index is 15.1. The zero-order valence-electron chi connectivity index (χ0n) is 23.1. The zero-order chi connectivity index (χ0) is 28.5. The number of nitrogens with zero attached hydrogens (tertiary/aromatic N) is 5. The van der Waals surface area contributed by atoms with Crippen molar-refractivity contribution in [1.82, 2.24) is 29.7 Å². The van der Waals surface area contributed by atoms with Crippen LogP contribution in [0.3, 0.4) is 0 Å². The van der Waals surface area contributed by atoms with Crippen LogP contribution in [-0.2, 0) is 11.3 Å². The van der Waals surface area contributed by atoms with E-state index in [9.17, 15) is 4.79 Å². The molecule has 2 aliphatic heterocycles. The minimum atomic E-state index is -0.921. The van der Waals surface area contributed by atoms with Crippen molar-refractivity contribution >= 4 is 28.6 Å². The number of ether oxygens (including phenoxy) is 1. The Hall–Kier alpha value is -3.93. The van der Waals surface area contributed by atoms with Gasteiger partial charge in [-0.1, -0.05) is 12.1 Å². The Bertz CT molecular complexity index is 1520. The van der Waals surface area contributed by atoms with Gasteiger partial charge in [0.1, 0.15) is 22.8 Å². The maximum atomic E-state index is 15.1. The number of hydrogen-bond acceptors (Lipinski definition) is 7. The lowest BCUT2D eigenvalue weighted by atomic mass is 10.1. The smallest absolute Gasteiger partial charge is 0.259 e. The minimum absolute atomic E-state index is 0.221. The van der Waals surface area contributed by atoms with Gasteiger partial charge in [0.25, 0.3) is 5.91 Å². The van der Waals surface area contributed by atoms with E-state index in [1.165, 1.54) is 10.5 Å². The van der Waals surface area contributed by atoms with Crippen molar-refractivity contribution in [3.05, 3.63) is 77.6 Å². The van der Waals surface area contributed by atoms with Crippen LogP contribution < -0.4 is 10.6 Å². The molecule has 9 nitrogen and oxygen atoms in total. The number of carbonyl (C=O) groups excluding carboxylic acids is 1. The van der Waals surface area contributed by atoms with Crippen molar-refractivity contribution in [1.29, 1.82) is 0 Å². The lowest BCUT2D eigenvalue weighted by molar-refractivity contribution is 0.0296. The summed E-state index contributed by atoms with van der Waals surface area (Å²) in [7, 11) is 0. The fourth-order valence-corrected chi connectivity index (χ4v) is 5.66. The fraction of sp³-hybridized carbons (Fsp3) is 0.367. The topological polar surface area (TPSA) is 87.6 Å². The first kappa shape index (κ1) is 27.3. The van der Waals surface area contributed by atoms with Crippen molar-refractivity contribution in [2.75, 3.05) is 44.7 Å². The van der Waals surface area contributed by atoms with Crippen LogP contribution in [0.4, 0.5) is 20.4 Å². The second kappa shape index (κ2) is 11.5. The molecule has 0 bridgehead atoms.